The SMILES string of the molecule is C[N+]1(C)CC[C@H](Oc2ccc(N)cn2)[C@H]1C(=O)N1CCN(C(=O)c2ccc(NC(=O)c3ncc(-c4cn(-c5ccc(N)cn5)nc4C(F)(F)F)[nH]3)cc2Cl)CC1. The van der Waals surface area contributed by atoms with Crippen LogP contribution in [0.25, 0.3) is 17.1 Å². The topological polar surface area (TPSA) is 203 Å². The molecule has 2 fully saturated rings. The second kappa shape index (κ2) is 14.8. The van der Waals surface area contributed by atoms with Crippen LogP contribution in [0.4, 0.5) is 30.2 Å². The Labute approximate surface area is 322 Å². The summed E-state index contributed by atoms with van der Waals surface area (Å²) in [5.74, 6) is -0.967. The highest BCUT2D eigenvalue weighted by molar-refractivity contribution is 6.34. The molecule has 16 nitrogen and oxygen atoms in total. The summed E-state index contributed by atoms with van der Waals surface area (Å²) >= 11 is 6.52. The zero-order chi connectivity index (χ0) is 39.9. The number of anilines is 3. The van der Waals surface area contributed by atoms with Gasteiger partial charge in [-0.1, -0.05) is 11.6 Å². The van der Waals surface area contributed by atoms with Crippen LogP contribution in [0.15, 0.2) is 67.3 Å². The van der Waals surface area contributed by atoms with Gasteiger partial charge in [-0.3, -0.25) is 14.4 Å². The number of halogens is 4. The van der Waals surface area contributed by atoms with E-state index < -0.39 is 23.8 Å². The molecular formula is C36H37ClF3N12O4+. The Morgan fingerprint density at radius 3 is 2.29 bits per heavy atom. The molecule has 2 aliphatic heterocycles. The first-order valence-electron chi connectivity index (χ1n) is 17.4. The van der Waals surface area contributed by atoms with Crippen molar-refractivity contribution in [1.82, 2.24) is 39.5 Å². The minimum Gasteiger partial charge on any atom is -0.467 e. The number of quaternary nitrogens is 1. The minimum absolute atomic E-state index is 0.0613. The molecule has 56 heavy (non-hydrogen) atoms. The van der Waals surface area contributed by atoms with E-state index in [-0.39, 0.29) is 70.2 Å². The minimum atomic E-state index is -4.83. The van der Waals surface area contributed by atoms with Crippen molar-refractivity contribution in [3.05, 3.63) is 89.4 Å². The van der Waals surface area contributed by atoms with Crippen molar-refractivity contribution in [3.8, 4) is 23.0 Å². The van der Waals surface area contributed by atoms with Crippen LogP contribution in [0.5, 0.6) is 5.88 Å². The van der Waals surface area contributed by atoms with Gasteiger partial charge in [0.25, 0.3) is 17.7 Å². The number of likely N-dealkylation sites (N-methyl/N-ethyl adjacent to an activating group) is 1. The van der Waals surface area contributed by atoms with Gasteiger partial charge in [0, 0.05) is 50.6 Å². The fourth-order valence-corrected chi connectivity index (χ4v) is 7.11. The maximum absolute atomic E-state index is 13.9. The number of imidazole rings is 1. The number of aromatic amines is 1. The van der Waals surface area contributed by atoms with E-state index in [4.69, 9.17) is 27.8 Å². The number of rotatable bonds is 8. The molecule has 7 rings (SSSR count). The number of nitrogens with one attached hydrogen (secondary N) is 2. The number of nitrogens with two attached hydrogens (primary N) is 2. The first kappa shape index (κ1) is 38.1. The van der Waals surface area contributed by atoms with Crippen LogP contribution < -0.4 is 21.5 Å². The molecule has 1 aromatic carbocycles. The molecule has 6 heterocycles. The van der Waals surface area contributed by atoms with Gasteiger partial charge < -0.3 is 40.8 Å². The average molecular weight is 794 g/mol. The molecule has 6 N–H and O–H groups in total. The van der Waals surface area contributed by atoms with Gasteiger partial charge >= 0.3 is 6.18 Å². The standard InChI is InChI=1S/C36H36ClF3N12O4/c1-52(2)14-9-27(56-29-8-4-21(42)17-44-29)30(52)35(55)50-12-10-49(11-13-50)34(54)23-6-5-22(15-25(23)37)46-33(53)32-45-18-26(47-32)24-19-51(48-31(24)36(38,39)40)28-7-3-20(41)16-43-28/h3-8,15-19,27,30H,9-14,41-42H2,1-2H3,(H-,45,46,47,53,54)/p+1/t27-,30-/m0/s1. The molecule has 2 atom stereocenters. The van der Waals surface area contributed by atoms with Crippen LogP contribution >= 0.6 is 11.6 Å². The Morgan fingerprint density at radius 2 is 1.64 bits per heavy atom. The van der Waals surface area contributed by atoms with E-state index in [0.29, 0.717) is 41.2 Å². The third-order valence-electron chi connectivity index (χ3n) is 9.78. The quantitative estimate of drug-likeness (QED) is 0.168. The number of benzene rings is 1. The van der Waals surface area contributed by atoms with Crippen LogP contribution in [0.2, 0.25) is 5.02 Å². The van der Waals surface area contributed by atoms with E-state index in [0.717, 1.165) is 23.6 Å². The van der Waals surface area contributed by atoms with Gasteiger partial charge in [0.15, 0.2) is 23.4 Å². The maximum Gasteiger partial charge on any atom is 0.435 e. The van der Waals surface area contributed by atoms with Crippen LogP contribution in [-0.4, -0.2) is 121 Å². The van der Waals surface area contributed by atoms with Crippen molar-refractivity contribution in [2.75, 3.05) is 63.6 Å². The number of ether oxygens (including phenoxy) is 1. The third-order valence-corrected chi connectivity index (χ3v) is 10.1. The number of likely N-dealkylation sites (tertiary alicyclic amines) is 1. The van der Waals surface area contributed by atoms with Crippen LogP contribution in [0, 0.1) is 0 Å². The molecular weight excluding hydrogens is 757 g/mol. The van der Waals surface area contributed by atoms with Crippen LogP contribution in [0.3, 0.4) is 0 Å². The van der Waals surface area contributed by atoms with Crippen molar-refractivity contribution in [2.45, 2.75) is 24.7 Å². The highest BCUT2D eigenvalue weighted by Crippen LogP contribution is 2.36. The number of H-pyrrole nitrogens is 1. The molecule has 0 unspecified atom stereocenters. The highest BCUT2D eigenvalue weighted by Gasteiger charge is 2.51. The van der Waals surface area contributed by atoms with Crippen molar-refractivity contribution < 1.29 is 36.8 Å². The Kier molecular flexibility index (Phi) is 10.1. The first-order chi connectivity index (χ1) is 26.6. The van der Waals surface area contributed by atoms with Crippen LogP contribution in [-0.2, 0) is 11.0 Å². The summed E-state index contributed by atoms with van der Waals surface area (Å²) in [6, 6.07) is 10.1. The number of aromatic nitrogens is 6. The third kappa shape index (κ3) is 7.80. The second-order valence-corrected chi connectivity index (χ2v) is 14.4. The summed E-state index contributed by atoms with van der Waals surface area (Å²) in [4.78, 5) is 58.7. The number of amides is 3. The van der Waals surface area contributed by atoms with Gasteiger partial charge in [-0.2, -0.15) is 18.3 Å². The molecule has 4 aromatic heterocycles. The monoisotopic (exact) mass is 793 g/mol. The highest BCUT2D eigenvalue weighted by atomic mass is 35.5. The summed E-state index contributed by atoms with van der Waals surface area (Å²) in [6.07, 6.45) is 0.456. The number of hydrogen-bond acceptors (Lipinski definition) is 10. The van der Waals surface area contributed by atoms with Crippen molar-refractivity contribution in [1.29, 1.82) is 0 Å². The van der Waals surface area contributed by atoms with Gasteiger partial charge in [-0.25, -0.2) is 19.6 Å². The molecule has 0 spiro atoms. The maximum atomic E-state index is 13.9. The van der Waals surface area contributed by atoms with Gasteiger partial charge in [0.1, 0.15) is 0 Å². The Hall–Kier alpha value is -6.21. The van der Waals surface area contributed by atoms with Gasteiger partial charge in [0.2, 0.25) is 11.9 Å². The number of carbonyl (C=O) groups is 3. The summed E-state index contributed by atoms with van der Waals surface area (Å²) in [5, 5.41) is 6.32. The molecule has 0 aliphatic carbocycles. The lowest BCUT2D eigenvalue weighted by atomic mass is 10.1. The lowest BCUT2D eigenvalue weighted by molar-refractivity contribution is -0.894. The summed E-state index contributed by atoms with van der Waals surface area (Å²) in [7, 11) is 3.99. The van der Waals surface area contributed by atoms with E-state index in [1.54, 1.807) is 21.9 Å². The van der Waals surface area contributed by atoms with Gasteiger partial charge in [-0.05, 0) is 36.4 Å². The predicted molar refractivity (Wildman–Crippen MR) is 199 cm³/mol. The number of carbonyl (C=O) groups excluding carboxylic acids is 3. The zero-order valence-corrected chi connectivity index (χ0v) is 30.9. The lowest BCUT2D eigenvalue weighted by Crippen LogP contribution is -2.61. The number of piperazine rings is 1. The lowest BCUT2D eigenvalue weighted by Gasteiger charge is -2.39. The number of hydrogen-bond donors (Lipinski definition) is 4. The van der Waals surface area contributed by atoms with Crippen molar-refractivity contribution >= 4 is 46.4 Å². The number of alkyl halides is 3. The molecule has 5 aromatic rings. The molecule has 2 aliphatic rings. The van der Waals surface area contributed by atoms with Gasteiger partial charge in [0.05, 0.1) is 72.4 Å². The Bertz CT molecular complexity index is 2270. The largest absolute Gasteiger partial charge is 0.467 e. The predicted octanol–water partition coefficient (Wildman–Crippen LogP) is 3.72. The second-order valence-electron chi connectivity index (χ2n) is 14.0. The summed E-state index contributed by atoms with van der Waals surface area (Å²) < 4.78 is 49.4. The molecule has 0 radical (unpaired) electrons. The number of nitrogens with zero attached hydrogens (tertiary/aromatic N) is 8. The van der Waals surface area contributed by atoms with Crippen LogP contribution in [0.1, 0.15) is 33.1 Å². The fourth-order valence-electron chi connectivity index (χ4n) is 6.85. The molecule has 292 valence electrons. The molecule has 0 bridgehead atoms. The molecule has 20 heteroatoms. The Morgan fingerprint density at radius 1 is 0.946 bits per heavy atom. The molecule has 3 amide bonds. The van der Waals surface area contributed by atoms with Gasteiger partial charge in [-0.15, -0.1) is 0 Å². The smallest absolute Gasteiger partial charge is 0.435 e. The first-order valence-corrected chi connectivity index (χ1v) is 17.8. The van der Waals surface area contributed by atoms with Crippen molar-refractivity contribution in [3.63, 3.8) is 0 Å². The van der Waals surface area contributed by atoms with Crippen molar-refractivity contribution in [2.24, 2.45) is 0 Å². The van der Waals surface area contributed by atoms with E-state index in [2.05, 4.69) is 30.4 Å². The average Bonchev–Trinajstić information content (AvgIpc) is 3.90. The van der Waals surface area contributed by atoms with E-state index in [1.165, 1.54) is 42.7 Å². The normalized spacial score (nSPS) is 18.2. The van der Waals surface area contributed by atoms with E-state index in [1.807, 2.05) is 14.1 Å². The summed E-state index contributed by atoms with van der Waals surface area (Å²) in [6.45, 7) is 1.92. The number of nitrogen functional groups attached to an aromatic ring is 2. The number of pyridine rings is 2. The van der Waals surface area contributed by atoms with E-state index >= 15 is 0 Å². The molecule has 0 saturated carbocycles. The summed E-state index contributed by atoms with van der Waals surface area (Å²) in [5.41, 5.74) is 10.9. The van der Waals surface area contributed by atoms with E-state index in [9.17, 15) is 27.6 Å². The fraction of sp³-hybridized carbons (Fsp3) is 0.306. The molecule has 2 saturated heterocycles. The zero-order valence-electron chi connectivity index (χ0n) is 30.1. The Balaban J connectivity index is 0.976.